The van der Waals surface area contributed by atoms with Crippen LogP contribution < -0.4 is 0 Å². The lowest BCUT2D eigenvalue weighted by Gasteiger charge is -2.14. The zero-order chi connectivity index (χ0) is 75.0. The second-order valence-corrected chi connectivity index (χ2v) is 35.6. The van der Waals surface area contributed by atoms with Crippen molar-refractivity contribution in [3.05, 3.63) is 407 Å². The summed E-state index contributed by atoms with van der Waals surface area (Å²) >= 11 is 15.1. The summed E-state index contributed by atoms with van der Waals surface area (Å²) < 4.78 is 0. The lowest BCUT2D eigenvalue weighted by Crippen LogP contribution is -1.96. The van der Waals surface area contributed by atoms with Crippen molar-refractivity contribution in [3.8, 4) is 44.5 Å². The summed E-state index contributed by atoms with van der Waals surface area (Å²) in [7, 11) is 0. The molecule has 0 aliphatic carbocycles. The van der Waals surface area contributed by atoms with Gasteiger partial charge in [-0.05, 0) is 237 Å². The summed E-state index contributed by atoms with van der Waals surface area (Å²) in [5.41, 5.74) is 26.1. The van der Waals surface area contributed by atoms with E-state index in [9.17, 15) is 0 Å². The van der Waals surface area contributed by atoms with E-state index in [-0.39, 0.29) is 0 Å². The first-order chi connectivity index (χ1) is 55.5. The van der Waals surface area contributed by atoms with E-state index in [2.05, 4.69) is 374 Å². The number of aromatic nitrogens is 4. The third-order valence-corrected chi connectivity index (χ3v) is 28.3. The first-order valence-corrected chi connectivity index (χ1v) is 45.4. The van der Waals surface area contributed by atoms with Gasteiger partial charge in [0.15, 0.2) is 0 Å². The molecule has 0 radical (unpaired) electrons. The number of hydrogen-bond donors (Lipinski definition) is 2. The molecule has 0 amide bonds. The Kier molecular flexibility index (Phi) is 24.5. The zero-order valence-electron chi connectivity index (χ0n) is 61.5. The van der Waals surface area contributed by atoms with E-state index in [0.29, 0.717) is 0 Å². The van der Waals surface area contributed by atoms with Crippen LogP contribution in [0.2, 0.25) is 0 Å². The predicted molar refractivity (Wildman–Crippen MR) is 489 cm³/mol. The normalized spacial score (nSPS) is 11.7. The van der Waals surface area contributed by atoms with E-state index in [1.807, 2.05) is 94.1 Å². The fourth-order valence-corrected chi connectivity index (χ4v) is 21.6. The van der Waals surface area contributed by atoms with E-state index in [1.54, 1.807) is 0 Å². The Bertz CT molecular complexity index is 5270. The molecule has 2 N–H and O–H groups in total. The Morgan fingerprint density at radius 3 is 0.527 bits per heavy atom. The smallest absolute Gasteiger partial charge is 0.0737 e. The highest BCUT2D eigenvalue weighted by molar-refractivity contribution is 8.00. The van der Waals surface area contributed by atoms with Crippen molar-refractivity contribution in [2.75, 3.05) is 0 Å². The Balaban J connectivity index is 0.912. The summed E-state index contributed by atoms with van der Waals surface area (Å²) in [5, 5.41) is 0. The number of H-pyrrole nitrogens is 2. The molecule has 546 valence electrons. The molecule has 4 nitrogen and oxygen atoms in total. The fourth-order valence-electron chi connectivity index (χ4n) is 14.1. The van der Waals surface area contributed by atoms with Crippen LogP contribution in [0.15, 0.2) is 379 Å². The van der Waals surface area contributed by atoms with E-state index < -0.39 is 0 Å². The van der Waals surface area contributed by atoms with Crippen molar-refractivity contribution in [2.45, 2.75) is 85.2 Å². The molecule has 0 unspecified atom stereocenters. The molecule has 2 aliphatic rings. The summed E-state index contributed by atoms with van der Waals surface area (Å²) in [5.74, 6) is 6.49. The van der Waals surface area contributed by atoms with E-state index in [1.165, 1.54) is 83.7 Å². The minimum absolute atomic E-state index is 0.793. The van der Waals surface area contributed by atoms with E-state index in [4.69, 9.17) is 9.97 Å². The van der Waals surface area contributed by atoms with E-state index >= 15 is 0 Å². The van der Waals surface area contributed by atoms with Crippen LogP contribution in [0.3, 0.4) is 0 Å². The Morgan fingerprint density at radius 1 is 0.179 bits per heavy atom. The van der Waals surface area contributed by atoms with Crippen molar-refractivity contribution in [1.29, 1.82) is 0 Å². The minimum Gasteiger partial charge on any atom is -0.354 e. The second-order valence-electron chi connectivity index (χ2n) is 27.3. The van der Waals surface area contributed by atoms with Gasteiger partial charge in [-0.3, -0.25) is 0 Å². The number of thioether (sulfide) groups is 8. The molecule has 112 heavy (non-hydrogen) atoms. The molecule has 0 saturated carbocycles. The molecule has 3 aromatic heterocycles. The molecule has 15 aromatic rings. The van der Waals surface area contributed by atoms with Gasteiger partial charge in [0.1, 0.15) is 0 Å². The number of fused-ring (bicyclic) bond motifs is 8. The van der Waals surface area contributed by atoms with Gasteiger partial charge in [0.2, 0.25) is 0 Å². The van der Waals surface area contributed by atoms with Crippen LogP contribution in [0.25, 0.3) is 90.9 Å². The fraction of sp³-hybridized carbons (Fsp3) is 0.0800. The predicted octanol–water partition coefficient (Wildman–Crippen LogP) is 29.7. The maximum absolute atomic E-state index is 5.98. The van der Waals surface area contributed by atoms with Gasteiger partial charge in [0.25, 0.3) is 0 Å². The number of rotatable bonds is 28. The van der Waals surface area contributed by atoms with Gasteiger partial charge < -0.3 is 9.97 Å². The molecule has 5 heterocycles. The first-order valence-electron chi connectivity index (χ1n) is 37.5. The van der Waals surface area contributed by atoms with Crippen molar-refractivity contribution >= 4 is 140 Å². The summed E-state index contributed by atoms with van der Waals surface area (Å²) in [6, 6.07) is 124. The van der Waals surface area contributed by atoms with Crippen molar-refractivity contribution in [3.63, 3.8) is 0 Å². The number of nitrogens with zero attached hydrogens (tertiary/aromatic N) is 2. The topological polar surface area (TPSA) is 57.4 Å². The number of aromatic amines is 2. The molecule has 0 fully saturated rings. The lowest BCUT2D eigenvalue weighted by atomic mass is 9.99. The monoisotopic (exact) mass is 1590 g/mol. The third-order valence-electron chi connectivity index (χ3n) is 19.8. The highest BCUT2D eigenvalue weighted by Crippen LogP contribution is 2.44. The van der Waals surface area contributed by atoms with Crippen LogP contribution in [-0.2, 0) is 46.0 Å². The molecule has 12 aromatic carbocycles. The van der Waals surface area contributed by atoms with Crippen LogP contribution in [-0.4, -0.2) is 19.9 Å². The van der Waals surface area contributed by atoms with Crippen molar-refractivity contribution in [2.24, 2.45) is 0 Å². The minimum atomic E-state index is 0.793. The van der Waals surface area contributed by atoms with Gasteiger partial charge in [-0.2, -0.15) is 0 Å². The SMILES string of the molecule is C1=Cc2nc1c(-c1ccc(CSc3ccccc3)c(CSc3ccccc3)c1)c1ccc([nH]1)c(-c1ccc(CSc3ccccc3)c(CSc3ccccc3)c1)c1nc(c(-c3ccc(CSc4ccccc4)c(CSc4ccccc4)c3)c3ccc([nH]3)c2-c2ccc(CSc3ccccc3)c(CSc3ccccc3)c2)C=C1. The van der Waals surface area contributed by atoms with Gasteiger partial charge in [0.05, 0.1) is 22.8 Å². The van der Waals surface area contributed by atoms with Gasteiger partial charge in [-0.15, -0.1) is 94.1 Å². The molecule has 0 spiro atoms. The molecule has 0 saturated heterocycles. The average Bonchev–Trinajstić information content (AvgIpc) is 1.60. The van der Waals surface area contributed by atoms with Crippen LogP contribution in [0, 0.1) is 0 Å². The zero-order valence-corrected chi connectivity index (χ0v) is 68.0. The summed E-state index contributed by atoms with van der Waals surface area (Å²) in [4.78, 5) is 30.3. The quantitative estimate of drug-likeness (QED) is 0.0464. The Hall–Kier alpha value is -9.96. The van der Waals surface area contributed by atoms with Crippen molar-refractivity contribution < 1.29 is 0 Å². The van der Waals surface area contributed by atoms with Crippen molar-refractivity contribution in [1.82, 2.24) is 19.9 Å². The molecule has 12 heteroatoms. The molecule has 17 rings (SSSR count). The highest BCUT2D eigenvalue weighted by atomic mass is 32.2. The molecular weight excluding hydrogens is 1510 g/mol. The Morgan fingerprint density at radius 2 is 0.348 bits per heavy atom. The van der Waals surface area contributed by atoms with Crippen LogP contribution in [0.5, 0.6) is 0 Å². The summed E-state index contributed by atoms with van der Waals surface area (Å²) in [6.07, 6.45) is 9.02. The molecule has 0 atom stereocenters. The number of benzene rings is 12. The Labute approximate surface area is 690 Å². The molecule has 8 bridgehead atoms. The number of hydrogen-bond acceptors (Lipinski definition) is 10. The second kappa shape index (κ2) is 36.7. The maximum Gasteiger partial charge on any atom is 0.0737 e. The molecular formula is C100H78N4S8. The summed E-state index contributed by atoms with van der Waals surface area (Å²) in [6.45, 7) is 0. The number of nitrogens with one attached hydrogen (secondary N) is 2. The van der Waals surface area contributed by atoms with Crippen LogP contribution in [0.4, 0.5) is 0 Å². The first kappa shape index (κ1) is 74.8. The molecule has 2 aliphatic heterocycles. The average molecular weight is 1590 g/mol. The van der Waals surface area contributed by atoms with Gasteiger partial charge in [0, 0.05) is 130 Å². The van der Waals surface area contributed by atoms with Crippen LogP contribution in [0.1, 0.15) is 67.3 Å². The largest absolute Gasteiger partial charge is 0.354 e. The third kappa shape index (κ3) is 18.5. The standard InChI is InChI=1S/C100H78N4S8/c1-9-25-81(26-10-1)105-61-73-45-41-69(57-77(73)65-109-85-33-17-5-18-34-85)97-89-49-51-91(101-89)98(70-42-46-74(62-106-82-27-11-2-12-28-82)78(58-70)66-110-86-35-19-6-20-36-86)93-53-55-95(103-93)100(72-44-48-76(64-108-84-31-15-4-16-32-84)80(60-72)68-112-88-39-23-8-24-40-88)96-56-54-94(104-96)99(92-52-50-90(97)102-92)71-43-47-75(63-107-83-29-13-3-14-30-83)79(59-71)67-111-87-37-21-7-22-38-87/h1-60,101,104H,61-68H2. The lowest BCUT2D eigenvalue weighted by molar-refractivity contribution is 1.26. The highest BCUT2D eigenvalue weighted by Gasteiger charge is 2.23. The van der Waals surface area contributed by atoms with Gasteiger partial charge in [-0.1, -0.05) is 194 Å². The van der Waals surface area contributed by atoms with E-state index in [0.717, 1.165) is 135 Å². The van der Waals surface area contributed by atoms with Crippen LogP contribution >= 0.6 is 94.1 Å². The van der Waals surface area contributed by atoms with Gasteiger partial charge >= 0.3 is 0 Å². The van der Waals surface area contributed by atoms with Gasteiger partial charge in [-0.25, -0.2) is 9.97 Å². The maximum atomic E-state index is 5.98.